The van der Waals surface area contributed by atoms with Crippen molar-refractivity contribution in [3.8, 4) is 0 Å². The molecule has 0 bridgehead atoms. The summed E-state index contributed by atoms with van der Waals surface area (Å²) in [6.07, 6.45) is 0.623. The summed E-state index contributed by atoms with van der Waals surface area (Å²) in [7, 11) is 0. The first kappa shape index (κ1) is 20.4. The molecule has 6 heteroatoms. The van der Waals surface area contributed by atoms with E-state index in [-0.39, 0.29) is 23.5 Å². The van der Waals surface area contributed by atoms with Crippen molar-refractivity contribution >= 4 is 17.2 Å². The molecule has 0 spiro atoms. The quantitative estimate of drug-likeness (QED) is 0.704. The number of hydrogen-bond donors (Lipinski definition) is 2. The zero-order valence-corrected chi connectivity index (χ0v) is 17.0. The van der Waals surface area contributed by atoms with Crippen LogP contribution in [0.25, 0.3) is 0 Å². The molecule has 1 aromatic heterocycles. The van der Waals surface area contributed by atoms with Crippen molar-refractivity contribution < 1.29 is 9.53 Å². The molecule has 142 valence electrons. The second-order valence-electron chi connectivity index (χ2n) is 7.34. The van der Waals surface area contributed by atoms with E-state index in [9.17, 15) is 4.79 Å². The summed E-state index contributed by atoms with van der Waals surface area (Å²) in [5.41, 5.74) is 6.51. The van der Waals surface area contributed by atoms with Crippen LogP contribution in [-0.2, 0) is 9.53 Å². The number of rotatable bonds is 9. The maximum Gasteiger partial charge on any atom is 0.240 e. The third-order valence-corrected chi connectivity index (χ3v) is 6.57. The maximum absolute atomic E-state index is 12.9. The van der Waals surface area contributed by atoms with Gasteiger partial charge in [0.25, 0.3) is 0 Å². The van der Waals surface area contributed by atoms with Crippen LogP contribution in [0.3, 0.4) is 0 Å². The Balaban J connectivity index is 2.04. The fourth-order valence-corrected chi connectivity index (χ4v) is 4.46. The molecule has 1 heterocycles. The molecule has 25 heavy (non-hydrogen) atoms. The predicted octanol–water partition coefficient (Wildman–Crippen LogP) is 2.78. The SMILES string of the molecule is CCOC1CC(N)(C(=O)NCC(c2ccsc2)N(CC)CC)C1(C)C. The highest BCUT2D eigenvalue weighted by atomic mass is 32.1. The van der Waals surface area contributed by atoms with Crippen LogP contribution in [0, 0.1) is 5.41 Å². The first-order valence-corrected chi connectivity index (χ1v) is 10.2. The van der Waals surface area contributed by atoms with Crippen molar-refractivity contribution in [3.63, 3.8) is 0 Å². The zero-order chi connectivity index (χ0) is 18.7. The molecule has 3 unspecified atom stereocenters. The molecule has 5 nitrogen and oxygen atoms in total. The first-order valence-electron chi connectivity index (χ1n) is 9.26. The normalized spacial score (nSPS) is 26.3. The number of amides is 1. The average Bonchev–Trinajstić information content (AvgIpc) is 3.12. The summed E-state index contributed by atoms with van der Waals surface area (Å²) < 4.78 is 5.73. The molecule has 0 saturated heterocycles. The summed E-state index contributed by atoms with van der Waals surface area (Å²) in [5.74, 6) is -0.0687. The van der Waals surface area contributed by atoms with Crippen molar-refractivity contribution in [1.29, 1.82) is 0 Å². The van der Waals surface area contributed by atoms with Gasteiger partial charge in [-0.1, -0.05) is 27.7 Å². The minimum absolute atomic E-state index is 0.0451. The summed E-state index contributed by atoms with van der Waals surface area (Å²) >= 11 is 1.69. The molecule has 0 aliphatic heterocycles. The van der Waals surface area contributed by atoms with Gasteiger partial charge in [-0.3, -0.25) is 9.69 Å². The van der Waals surface area contributed by atoms with Crippen molar-refractivity contribution in [2.24, 2.45) is 11.1 Å². The second kappa shape index (κ2) is 8.16. The Morgan fingerprint density at radius 3 is 2.60 bits per heavy atom. The molecule has 1 amide bonds. The van der Waals surface area contributed by atoms with Crippen LogP contribution in [0.1, 0.15) is 52.6 Å². The fourth-order valence-electron chi connectivity index (χ4n) is 3.75. The lowest BCUT2D eigenvalue weighted by Crippen LogP contribution is -2.76. The van der Waals surface area contributed by atoms with Crippen molar-refractivity contribution in [1.82, 2.24) is 10.2 Å². The lowest BCUT2D eigenvalue weighted by molar-refractivity contribution is -0.170. The van der Waals surface area contributed by atoms with Gasteiger partial charge in [-0.25, -0.2) is 0 Å². The average molecular weight is 368 g/mol. The lowest BCUT2D eigenvalue weighted by Gasteiger charge is -2.57. The Morgan fingerprint density at radius 1 is 1.44 bits per heavy atom. The van der Waals surface area contributed by atoms with Crippen molar-refractivity contribution in [2.45, 2.75) is 58.7 Å². The number of hydrogen-bond acceptors (Lipinski definition) is 5. The van der Waals surface area contributed by atoms with E-state index in [1.54, 1.807) is 11.3 Å². The molecule has 1 aliphatic rings. The Bertz CT molecular complexity index is 557. The van der Waals surface area contributed by atoms with Crippen LogP contribution in [0.2, 0.25) is 0 Å². The minimum atomic E-state index is -0.866. The van der Waals surface area contributed by atoms with E-state index < -0.39 is 5.54 Å². The molecule has 1 aliphatic carbocycles. The van der Waals surface area contributed by atoms with Crippen LogP contribution in [0.4, 0.5) is 0 Å². The Labute approximate surface area is 155 Å². The molecule has 3 atom stereocenters. The minimum Gasteiger partial charge on any atom is -0.378 e. The van der Waals surface area contributed by atoms with E-state index in [2.05, 4.69) is 40.9 Å². The Kier molecular flexibility index (Phi) is 6.65. The summed E-state index contributed by atoms with van der Waals surface area (Å²) in [4.78, 5) is 15.2. The highest BCUT2D eigenvalue weighted by Gasteiger charge is 2.62. The molecule has 1 aromatic rings. The number of nitrogens with two attached hydrogens (primary N) is 1. The molecule has 1 fully saturated rings. The number of carbonyl (C=O) groups is 1. The van der Waals surface area contributed by atoms with Gasteiger partial charge in [0, 0.05) is 25.0 Å². The maximum atomic E-state index is 12.9. The van der Waals surface area contributed by atoms with E-state index in [1.165, 1.54) is 5.56 Å². The first-order chi connectivity index (χ1) is 11.8. The summed E-state index contributed by atoms with van der Waals surface area (Å²) in [5, 5.41) is 7.37. The van der Waals surface area contributed by atoms with Gasteiger partial charge >= 0.3 is 0 Å². The highest BCUT2D eigenvalue weighted by molar-refractivity contribution is 7.07. The highest BCUT2D eigenvalue weighted by Crippen LogP contribution is 2.49. The van der Waals surface area contributed by atoms with Crippen molar-refractivity contribution in [2.75, 3.05) is 26.2 Å². The van der Waals surface area contributed by atoms with Crippen LogP contribution in [0.5, 0.6) is 0 Å². The lowest BCUT2D eigenvalue weighted by atomic mass is 9.54. The van der Waals surface area contributed by atoms with E-state index in [4.69, 9.17) is 10.5 Å². The number of carbonyl (C=O) groups excluding carboxylic acids is 1. The number of thiophene rings is 1. The Morgan fingerprint density at radius 2 is 2.12 bits per heavy atom. The van der Waals surface area contributed by atoms with Crippen LogP contribution >= 0.6 is 11.3 Å². The standard InChI is InChI=1S/C19H33N3O2S/c1-6-22(7-2)15(14-9-10-25-13-14)12-21-17(23)19(20)11-16(24-8-3)18(19,4)5/h9-10,13,15-16H,6-8,11-12,20H2,1-5H3,(H,21,23). The van der Waals surface area contributed by atoms with Crippen LogP contribution < -0.4 is 11.1 Å². The predicted molar refractivity (Wildman–Crippen MR) is 104 cm³/mol. The smallest absolute Gasteiger partial charge is 0.240 e. The van der Waals surface area contributed by atoms with Gasteiger partial charge in [-0.05, 0) is 42.4 Å². The van der Waals surface area contributed by atoms with Gasteiger partial charge in [0.2, 0.25) is 5.91 Å². The van der Waals surface area contributed by atoms with Gasteiger partial charge in [-0.2, -0.15) is 11.3 Å². The molecule has 1 saturated carbocycles. The molecular weight excluding hydrogens is 334 g/mol. The topological polar surface area (TPSA) is 67.6 Å². The number of ether oxygens (including phenoxy) is 1. The summed E-state index contributed by atoms with van der Waals surface area (Å²) in [6.45, 7) is 13.4. The van der Waals surface area contributed by atoms with Crippen LogP contribution in [0.15, 0.2) is 16.8 Å². The monoisotopic (exact) mass is 367 g/mol. The van der Waals surface area contributed by atoms with Crippen LogP contribution in [-0.4, -0.2) is 48.7 Å². The van der Waals surface area contributed by atoms with E-state index >= 15 is 0 Å². The largest absolute Gasteiger partial charge is 0.378 e. The zero-order valence-electron chi connectivity index (χ0n) is 16.2. The molecular formula is C19H33N3O2S. The second-order valence-corrected chi connectivity index (χ2v) is 8.12. The van der Waals surface area contributed by atoms with Crippen molar-refractivity contribution in [3.05, 3.63) is 22.4 Å². The summed E-state index contributed by atoms with van der Waals surface area (Å²) in [6, 6.07) is 2.32. The molecule has 2 rings (SSSR count). The molecule has 0 aromatic carbocycles. The third kappa shape index (κ3) is 3.77. The van der Waals surface area contributed by atoms with Gasteiger partial charge in [-0.15, -0.1) is 0 Å². The van der Waals surface area contributed by atoms with Gasteiger partial charge in [0.1, 0.15) is 5.54 Å². The van der Waals surface area contributed by atoms with E-state index in [0.717, 1.165) is 13.1 Å². The van der Waals surface area contributed by atoms with Gasteiger partial charge in [0.05, 0.1) is 12.1 Å². The van der Waals surface area contributed by atoms with E-state index in [0.29, 0.717) is 19.6 Å². The number of nitrogens with one attached hydrogen (secondary N) is 1. The third-order valence-electron chi connectivity index (χ3n) is 5.87. The van der Waals surface area contributed by atoms with Gasteiger partial charge in [0.15, 0.2) is 0 Å². The Hall–Kier alpha value is -0.950. The van der Waals surface area contributed by atoms with E-state index in [1.807, 2.05) is 20.8 Å². The number of likely N-dealkylation sites (N-methyl/N-ethyl adjacent to an activating group) is 1. The van der Waals surface area contributed by atoms with Gasteiger partial charge < -0.3 is 15.8 Å². The fraction of sp³-hybridized carbons (Fsp3) is 0.737. The molecule has 0 radical (unpaired) electrons. The number of nitrogens with zero attached hydrogens (tertiary/aromatic N) is 1. The molecule has 3 N–H and O–H groups in total.